The van der Waals surface area contributed by atoms with Crippen molar-refractivity contribution in [3.63, 3.8) is 0 Å². The van der Waals surface area contributed by atoms with E-state index in [1.165, 1.54) is 0 Å². The zero-order valence-electron chi connectivity index (χ0n) is 19.5. The van der Waals surface area contributed by atoms with Crippen molar-refractivity contribution in [2.24, 2.45) is 46.3 Å². The molecule has 3 unspecified atom stereocenters. The zero-order chi connectivity index (χ0) is 22.7. The van der Waals surface area contributed by atoms with E-state index in [1.54, 1.807) is 0 Å². The minimum atomic E-state index is -0.769. The lowest BCUT2D eigenvalue weighted by Gasteiger charge is -2.62. The maximum atomic E-state index is 13.9. The van der Waals surface area contributed by atoms with E-state index in [-0.39, 0.29) is 64.6 Å². The number of ketones is 1. The van der Waals surface area contributed by atoms with Gasteiger partial charge in [0.05, 0.1) is 12.2 Å². The Morgan fingerprint density at radius 1 is 1.16 bits per heavy atom. The van der Waals surface area contributed by atoms with Gasteiger partial charge in [0.2, 0.25) is 0 Å². The number of aliphatic hydroxyl groups excluding tert-OH is 2. The van der Waals surface area contributed by atoms with Gasteiger partial charge in [-0.1, -0.05) is 26.8 Å². The van der Waals surface area contributed by atoms with Crippen LogP contribution in [0.2, 0.25) is 0 Å². The van der Waals surface area contributed by atoms with Crippen LogP contribution in [0.4, 0.5) is 0 Å². The SMILES string of the molecule is C/C=C1/C(=O)C2C3CC[C@H]([C@H](C)CCC(=O)O)[C@@]3(C)[C@@H](O)CC2[C@@]2(C)CC[C@@H](O)C[C@@H]12. The van der Waals surface area contributed by atoms with E-state index < -0.39 is 12.1 Å². The number of allylic oxidation sites excluding steroid dienone is 2. The summed E-state index contributed by atoms with van der Waals surface area (Å²) in [6, 6.07) is 0. The number of aliphatic carboxylic acids is 1. The number of hydrogen-bond acceptors (Lipinski definition) is 4. The second kappa shape index (κ2) is 7.98. The van der Waals surface area contributed by atoms with Gasteiger partial charge in [0, 0.05) is 17.8 Å². The van der Waals surface area contributed by atoms with Crippen molar-refractivity contribution in [2.75, 3.05) is 0 Å². The van der Waals surface area contributed by atoms with Crippen LogP contribution in [0.25, 0.3) is 0 Å². The van der Waals surface area contributed by atoms with E-state index in [4.69, 9.17) is 5.11 Å². The van der Waals surface area contributed by atoms with Gasteiger partial charge in [0.25, 0.3) is 0 Å². The molecule has 0 radical (unpaired) electrons. The molecule has 5 nitrogen and oxygen atoms in total. The maximum Gasteiger partial charge on any atom is 0.303 e. The monoisotopic (exact) mass is 432 g/mol. The molecule has 5 heteroatoms. The van der Waals surface area contributed by atoms with Crippen molar-refractivity contribution in [2.45, 2.75) is 91.3 Å². The summed E-state index contributed by atoms with van der Waals surface area (Å²) in [6.07, 6.45) is 6.81. The van der Waals surface area contributed by atoms with Crippen molar-refractivity contribution in [1.29, 1.82) is 0 Å². The molecule has 4 rings (SSSR count). The average molecular weight is 433 g/mol. The highest BCUT2D eigenvalue weighted by atomic mass is 16.4. The Hall–Kier alpha value is -1.20. The number of Topliss-reactive ketones (excluding diaryl/α,β-unsaturated/α-hetero) is 1. The molecule has 4 aliphatic rings. The Morgan fingerprint density at radius 3 is 2.52 bits per heavy atom. The van der Waals surface area contributed by atoms with Gasteiger partial charge < -0.3 is 15.3 Å². The first-order valence-corrected chi connectivity index (χ1v) is 12.3. The first-order chi connectivity index (χ1) is 14.6. The van der Waals surface area contributed by atoms with Crippen LogP contribution in [0, 0.1) is 46.3 Å². The van der Waals surface area contributed by atoms with Crippen LogP contribution in [-0.2, 0) is 9.59 Å². The molecule has 0 spiro atoms. The number of carboxylic acid groups (broad SMARTS) is 1. The molecule has 0 amide bonds. The van der Waals surface area contributed by atoms with Crippen molar-refractivity contribution in [3.05, 3.63) is 11.6 Å². The molecular formula is C26H40O5. The predicted molar refractivity (Wildman–Crippen MR) is 118 cm³/mol. The molecule has 3 N–H and O–H groups in total. The number of carbonyl (C=O) groups excluding carboxylic acids is 1. The predicted octanol–water partition coefficient (Wildman–Crippen LogP) is 4.21. The number of rotatable bonds is 4. The second-order valence-electron chi connectivity index (χ2n) is 11.5. The molecule has 0 aromatic rings. The lowest BCUT2D eigenvalue weighted by molar-refractivity contribution is -0.172. The van der Waals surface area contributed by atoms with Crippen molar-refractivity contribution >= 4 is 11.8 Å². The number of fused-ring (bicyclic) bond motifs is 5. The topological polar surface area (TPSA) is 94.8 Å². The summed E-state index contributed by atoms with van der Waals surface area (Å²) in [5.74, 6) is 0.262. The van der Waals surface area contributed by atoms with Gasteiger partial charge in [0.15, 0.2) is 5.78 Å². The molecule has 174 valence electrons. The number of carbonyl (C=O) groups is 2. The number of aliphatic hydroxyl groups is 2. The van der Waals surface area contributed by atoms with Crippen LogP contribution >= 0.6 is 0 Å². The molecule has 10 atom stereocenters. The third-order valence-corrected chi connectivity index (χ3v) is 10.4. The van der Waals surface area contributed by atoms with Crippen molar-refractivity contribution in [1.82, 2.24) is 0 Å². The zero-order valence-corrected chi connectivity index (χ0v) is 19.5. The first-order valence-electron chi connectivity index (χ1n) is 12.3. The molecule has 0 aromatic heterocycles. The number of carboxylic acids is 1. The fourth-order valence-corrected chi connectivity index (χ4v) is 8.68. The quantitative estimate of drug-likeness (QED) is 0.579. The molecule has 0 saturated heterocycles. The van der Waals surface area contributed by atoms with Gasteiger partial charge >= 0.3 is 5.97 Å². The van der Waals surface area contributed by atoms with Crippen LogP contribution in [0.3, 0.4) is 0 Å². The summed E-state index contributed by atoms with van der Waals surface area (Å²) in [4.78, 5) is 25.0. The van der Waals surface area contributed by atoms with Gasteiger partial charge in [-0.05, 0) is 92.4 Å². The summed E-state index contributed by atoms with van der Waals surface area (Å²) in [6.45, 7) is 8.56. The highest BCUT2D eigenvalue weighted by Crippen LogP contribution is 2.68. The van der Waals surface area contributed by atoms with E-state index in [9.17, 15) is 19.8 Å². The van der Waals surface area contributed by atoms with E-state index in [2.05, 4.69) is 20.8 Å². The smallest absolute Gasteiger partial charge is 0.303 e. The summed E-state index contributed by atoms with van der Waals surface area (Å²) < 4.78 is 0. The van der Waals surface area contributed by atoms with Crippen molar-refractivity contribution in [3.8, 4) is 0 Å². The van der Waals surface area contributed by atoms with Crippen LogP contribution in [0.5, 0.6) is 0 Å². The highest BCUT2D eigenvalue weighted by Gasteiger charge is 2.66. The third kappa shape index (κ3) is 3.33. The first kappa shape index (κ1) is 23.0. The van der Waals surface area contributed by atoms with Gasteiger partial charge in [-0.2, -0.15) is 0 Å². The maximum absolute atomic E-state index is 13.9. The molecular weight excluding hydrogens is 392 g/mol. The van der Waals surface area contributed by atoms with E-state index in [1.807, 2.05) is 13.0 Å². The summed E-state index contributed by atoms with van der Waals surface area (Å²) in [5, 5.41) is 31.0. The fourth-order valence-electron chi connectivity index (χ4n) is 8.68. The molecule has 4 saturated carbocycles. The normalized spacial score (nSPS) is 49.3. The standard InChI is InChI=1S/C26H40O5/c1-5-16-19-12-15(27)10-11-25(19,3)20-13-21(28)26(4)17(14(2)6-9-22(29)30)7-8-18(26)23(20)24(16)31/h5,14-15,17-21,23,27-28H,6-13H2,1-4H3,(H,29,30)/b16-5+/t14-,15-,17-,18?,19+,20?,21+,23?,25+,26-/m1/s1. The minimum Gasteiger partial charge on any atom is -0.481 e. The summed E-state index contributed by atoms with van der Waals surface area (Å²) in [7, 11) is 0. The third-order valence-electron chi connectivity index (χ3n) is 10.4. The lowest BCUT2D eigenvalue weighted by atomic mass is 9.42. The van der Waals surface area contributed by atoms with Crippen LogP contribution in [-0.4, -0.2) is 39.3 Å². The number of hydrogen-bond donors (Lipinski definition) is 3. The van der Waals surface area contributed by atoms with E-state index >= 15 is 0 Å². The largest absolute Gasteiger partial charge is 0.481 e. The van der Waals surface area contributed by atoms with E-state index in [0.29, 0.717) is 19.3 Å². The summed E-state index contributed by atoms with van der Waals surface area (Å²) >= 11 is 0. The van der Waals surface area contributed by atoms with Crippen LogP contribution in [0.1, 0.15) is 79.1 Å². The molecule has 4 aliphatic carbocycles. The minimum absolute atomic E-state index is 0.0605. The Labute approximate surface area is 186 Å². The highest BCUT2D eigenvalue weighted by molar-refractivity contribution is 5.99. The van der Waals surface area contributed by atoms with Crippen LogP contribution < -0.4 is 0 Å². The average Bonchev–Trinajstić information content (AvgIpc) is 3.07. The van der Waals surface area contributed by atoms with Gasteiger partial charge in [-0.25, -0.2) is 0 Å². The van der Waals surface area contributed by atoms with Gasteiger partial charge in [-0.3, -0.25) is 9.59 Å². The Balaban J connectivity index is 1.69. The van der Waals surface area contributed by atoms with Gasteiger partial charge in [0.1, 0.15) is 0 Å². The molecule has 0 aliphatic heterocycles. The second-order valence-corrected chi connectivity index (χ2v) is 11.5. The fraction of sp³-hybridized carbons (Fsp3) is 0.846. The van der Waals surface area contributed by atoms with Crippen molar-refractivity contribution < 1.29 is 24.9 Å². The molecule has 31 heavy (non-hydrogen) atoms. The lowest BCUT2D eigenvalue weighted by Crippen LogP contribution is -2.62. The molecule has 0 bridgehead atoms. The van der Waals surface area contributed by atoms with Crippen LogP contribution in [0.15, 0.2) is 11.6 Å². The Morgan fingerprint density at radius 2 is 1.87 bits per heavy atom. The van der Waals surface area contributed by atoms with E-state index in [0.717, 1.165) is 31.3 Å². The Bertz CT molecular complexity index is 774. The Kier molecular flexibility index (Phi) is 5.92. The molecule has 0 heterocycles. The molecule has 4 fully saturated rings. The molecule has 0 aromatic carbocycles. The summed E-state index contributed by atoms with van der Waals surface area (Å²) in [5.41, 5.74) is 0.503. The van der Waals surface area contributed by atoms with Gasteiger partial charge in [-0.15, -0.1) is 0 Å².